The van der Waals surface area contributed by atoms with Gasteiger partial charge in [0.05, 0.1) is 32.6 Å². The van der Waals surface area contributed by atoms with Gasteiger partial charge >= 0.3 is 6.09 Å². The first-order valence-corrected chi connectivity index (χ1v) is 14.0. The molecule has 0 aliphatic carbocycles. The molecule has 43 heavy (non-hydrogen) atoms. The van der Waals surface area contributed by atoms with Crippen LogP contribution in [0.3, 0.4) is 0 Å². The maximum absolute atomic E-state index is 13.5. The highest BCUT2D eigenvalue weighted by molar-refractivity contribution is 7.20. The first kappa shape index (κ1) is 29.0. The molecule has 3 aromatic heterocycles. The molecular formula is C31H28N6O5S. The van der Waals surface area contributed by atoms with E-state index < -0.39 is 23.4 Å². The Morgan fingerprint density at radius 1 is 1.00 bits per heavy atom. The Balaban J connectivity index is 1.45. The van der Waals surface area contributed by atoms with E-state index >= 15 is 0 Å². The van der Waals surface area contributed by atoms with Gasteiger partial charge < -0.3 is 25.7 Å². The van der Waals surface area contributed by atoms with Crippen LogP contribution in [0.4, 0.5) is 16.3 Å². The number of anilines is 2. The minimum Gasteiger partial charge on any atom is -0.444 e. The van der Waals surface area contributed by atoms with Gasteiger partial charge in [-0.3, -0.25) is 14.4 Å². The third-order valence-corrected chi connectivity index (χ3v) is 7.62. The number of carbonyl (C=O) groups is 4. The second-order valence-corrected chi connectivity index (χ2v) is 11.0. The third-order valence-electron chi connectivity index (χ3n) is 6.51. The number of nitrogens with one attached hydrogen (secondary N) is 4. The van der Waals surface area contributed by atoms with Crippen molar-refractivity contribution in [3.8, 4) is 0 Å². The van der Waals surface area contributed by atoms with E-state index in [1.165, 1.54) is 12.3 Å². The van der Waals surface area contributed by atoms with Gasteiger partial charge in [0, 0.05) is 12.4 Å². The Hall–Kier alpha value is -5.49. The van der Waals surface area contributed by atoms with E-state index in [9.17, 15) is 19.2 Å². The standard InChI is InChI=1S/C31H28N6O5S/c1-4-16-42-30(41)37-29-22(17-24(43-29)28(40)35-31(2,3)20-10-6-5-7-11-20)25(36-37)34-27(39)21-12-8-9-13-23(21)33-26(38)19-14-15-32-18-19/h4-15,17-18,32H,1,16H2,2-3H3,(H,33,38)(H,35,40)(H,34,36,39). The predicted molar refractivity (Wildman–Crippen MR) is 165 cm³/mol. The molecule has 3 heterocycles. The van der Waals surface area contributed by atoms with Crippen LogP contribution in [-0.2, 0) is 10.3 Å². The van der Waals surface area contributed by atoms with Crippen LogP contribution < -0.4 is 16.0 Å². The molecule has 0 radical (unpaired) electrons. The lowest BCUT2D eigenvalue weighted by atomic mass is 9.94. The molecule has 0 fully saturated rings. The van der Waals surface area contributed by atoms with E-state index in [0.717, 1.165) is 21.6 Å². The second kappa shape index (κ2) is 12.2. The predicted octanol–water partition coefficient (Wildman–Crippen LogP) is 5.77. The number of para-hydroxylation sites is 1. The fraction of sp³-hybridized carbons (Fsp3) is 0.129. The number of hydrogen-bond acceptors (Lipinski definition) is 7. The Bertz CT molecular complexity index is 1820. The van der Waals surface area contributed by atoms with Gasteiger partial charge in [0.2, 0.25) is 0 Å². The monoisotopic (exact) mass is 596 g/mol. The highest BCUT2D eigenvalue weighted by Gasteiger charge is 2.27. The summed E-state index contributed by atoms with van der Waals surface area (Å²) in [6, 6.07) is 19.2. The number of nitrogens with zero attached hydrogens (tertiary/aromatic N) is 2. The van der Waals surface area contributed by atoms with Crippen molar-refractivity contribution in [3.05, 3.63) is 113 Å². The van der Waals surface area contributed by atoms with Gasteiger partial charge in [-0.25, -0.2) is 4.79 Å². The summed E-state index contributed by atoms with van der Waals surface area (Å²) in [6.07, 6.45) is 3.77. The van der Waals surface area contributed by atoms with Crippen molar-refractivity contribution >= 4 is 56.9 Å². The van der Waals surface area contributed by atoms with Crippen molar-refractivity contribution in [1.82, 2.24) is 20.1 Å². The minimum absolute atomic E-state index is 0.0416. The third kappa shape index (κ3) is 6.23. The molecule has 5 aromatic rings. The van der Waals surface area contributed by atoms with Crippen LogP contribution in [0, 0.1) is 0 Å². The SMILES string of the molecule is C=CCOC(=O)n1nc(NC(=O)c2ccccc2NC(=O)c2cc[nH]c2)c2cc(C(=O)NC(C)(C)c3ccccc3)sc21. The quantitative estimate of drug-likeness (QED) is 0.159. The zero-order chi connectivity index (χ0) is 30.6. The lowest BCUT2D eigenvalue weighted by molar-refractivity contribution is 0.0915. The largest absolute Gasteiger partial charge is 0.444 e. The van der Waals surface area contributed by atoms with E-state index in [2.05, 4.69) is 32.6 Å². The Morgan fingerprint density at radius 3 is 2.47 bits per heavy atom. The van der Waals surface area contributed by atoms with Crippen molar-refractivity contribution in [2.45, 2.75) is 19.4 Å². The average molecular weight is 597 g/mol. The zero-order valence-electron chi connectivity index (χ0n) is 23.3. The van der Waals surface area contributed by atoms with Crippen molar-refractivity contribution in [2.24, 2.45) is 0 Å². The van der Waals surface area contributed by atoms with E-state index in [-0.39, 0.29) is 29.6 Å². The Morgan fingerprint density at radius 2 is 1.74 bits per heavy atom. The molecule has 3 amide bonds. The van der Waals surface area contributed by atoms with Gasteiger partial charge in [0.15, 0.2) is 5.82 Å². The van der Waals surface area contributed by atoms with Gasteiger partial charge in [0.25, 0.3) is 17.7 Å². The number of ether oxygens (including phenoxy) is 1. The minimum atomic E-state index is -0.803. The molecule has 0 aliphatic rings. The maximum Gasteiger partial charge on any atom is 0.436 e. The number of rotatable bonds is 9. The number of thiophene rings is 1. The molecular weight excluding hydrogens is 568 g/mol. The van der Waals surface area contributed by atoms with Gasteiger partial charge in [-0.15, -0.1) is 16.4 Å². The van der Waals surface area contributed by atoms with Crippen LogP contribution in [0.5, 0.6) is 0 Å². The lowest BCUT2D eigenvalue weighted by Crippen LogP contribution is -2.40. The van der Waals surface area contributed by atoms with E-state index in [1.807, 2.05) is 44.2 Å². The molecule has 0 unspecified atom stereocenters. The molecule has 4 N–H and O–H groups in total. The fourth-order valence-electron chi connectivity index (χ4n) is 4.32. The Kier molecular flexibility index (Phi) is 8.21. The molecule has 0 saturated carbocycles. The van der Waals surface area contributed by atoms with Crippen molar-refractivity contribution < 1.29 is 23.9 Å². The number of aromatic amines is 1. The molecule has 5 rings (SSSR count). The number of carbonyl (C=O) groups excluding carboxylic acids is 4. The molecule has 0 atom stereocenters. The van der Waals surface area contributed by atoms with Crippen molar-refractivity contribution in [3.63, 3.8) is 0 Å². The molecule has 2 aromatic carbocycles. The van der Waals surface area contributed by atoms with Crippen LogP contribution in [0.15, 0.2) is 91.8 Å². The summed E-state index contributed by atoms with van der Waals surface area (Å²) < 4.78 is 6.18. The number of benzene rings is 2. The molecule has 0 saturated heterocycles. The van der Waals surface area contributed by atoms with Crippen LogP contribution in [-0.4, -0.2) is 45.2 Å². The number of fused-ring (bicyclic) bond motifs is 1. The molecule has 0 bridgehead atoms. The number of hydrogen-bond donors (Lipinski definition) is 4. The van der Waals surface area contributed by atoms with Crippen LogP contribution >= 0.6 is 11.3 Å². The second-order valence-electron chi connectivity index (χ2n) is 9.95. The van der Waals surface area contributed by atoms with Gasteiger partial charge in [-0.1, -0.05) is 55.1 Å². The Labute approximate surface area is 250 Å². The zero-order valence-corrected chi connectivity index (χ0v) is 24.2. The maximum atomic E-state index is 13.5. The van der Waals surface area contributed by atoms with E-state index in [0.29, 0.717) is 20.7 Å². The van der Waals surface area contributed by atoms with Crippen LogP contribution in [0.1, 0.15) is 49.8 Å². The molecule has 0 aliphatic heterocycles. The summed E-state index contributed by atoms with van der Waals surface area (Å²) in [4.78, 5) is 55.7. The number of aromatic nitrogens is 3. The summed E-state index contributed by atoms with van der Waals surface area (Å²) in [5, 5.41) is 13.1. The van der Waals surface area contributed by atoms with Crippen LogP contribution in [0.2, 0.25) is 0 Å². The topological polar surface area (TPSA) is 147 Å². The average Bonchev–Trinajstić information content (AvgIpc) is 3.75. The molecule has 0 spiro atoms. The lowest BCUT2D eigenvalue weighted by Gasteiger charge is -2.26. The summed E-state index contributed by atoms with van der Waals surface area (Å²) in [5.74, 6) is -1.31. The molecule has 11 nitrogen and oxygen atoms in total. The summed E-state index contributed by atoms with van der Waals surface area (Å²) in [6.45, 7) is 7.27. The summed E-state index contributed by atoms with van der Waals surface area (Å²) >= 11 is 1.03. The molecule has 12 heteroatoms. The highest BCUT2D eigenvalue weighted by Crippen LogP contribution is 2.33. The van der Waals surface area contributed by atoms with Gasteiger partial charge in [0.1, 0.15) is 11.4 Å². The summed E-state index contributed by atoms with van der Waals surface area (Å²) in [5.41, 5.74) is 1.07. The van der Waals surface area contributed by atoms with Gasteiger partial charge in [-0.2, -0.15) is 4.68 Å². The normalized spacial score (nSPS) is 11.1. The molecule has 218 valence electrons. The number of amides is 3. The smallest absolute Gasteiger partial charge is 0.436 e. The van der Waals surface area contributed by atoms with Crippen molar-refractivity contribution in [2.75, 3.05) is 17.2 Å². The van der Waals surface area contributed by atoms with E-state index in [4.69, 9.17) is 4.74 Å². The van der Waals surface area contributed by atoms with Gasteiger partial charge in [-0.05, 0) is 43.7 Å². The van der Waals surface area contributed by atoms with Crippen molar-refractivity contribution in [1.29, 1.82) is 0 Å². The van der Waals surface area contributed by atoms with E-state index in [1.54, 1.807) is 42.6 Å². The summed E-state index contributed by atoms with van der Waals surface area (Å²) in [7, 11) is 0. The van der Waals surface area contributed by atoms with Crippen LogP contribution in [0.25, 0.3) is 10.2 Å². The highest BCUT2D eigenvalue weighted by atomic mass is 32.1. The first-order chi connectivity index (χ1) is 20.7. The number of H-pyrrole nitrogens is 1. The first-order valence-electron chi connectivity index (χ1n) is 13.2. The fourth-order valence-corrected chi connectivity index (χ4v) is 5.32.